The van der Waals surface area contributed by atoms with E-state index < -0.39 is 15.1 Å². The van der Waals surface area contributed by atoms with E-state index >= 15 is 0 Å². The van der Waals surface area contributed by atoms with Crippen LogP contribution in [0.15, 0.2) is 5.16 Å². The van der Waals surface area contributed by atoms with Crippen molar-refractivity contribution in [1.82, 2.24) is 20.1 Å². The van der Waals surface area contributed by atoms with Gasteiger partial charge in [0.15, 0.2) is 15.0 Å². The lowest BCUT2D eigenvalue weighted by Gasteiger charge is -2.31. The van der Waals surface area contributed by atoms with E-state index in [4.69, 9.17) is 4.74 Å². The van der Waals surface area contributed by atoms with Gasteiger partial charge in [-0.15, -0.1) is 10.2 Å². The van der Waals surface area contributed by atoms with Crippen LogP contribution in [0, 0.1) is 5.92 Å². The number of carbonyl (C=O) groups excluding carboxylic acids is 1. The van der Waals surface area contributed by atoms with Gasteiger partial charge in [0.25, 0.3) is 0 Å². The van der Waals surface area contributed by atoms with E-state index in [0.717, 1.165) is 57.2 Å². The summed E-state index contributed by atoms with van der Waals surface area (Å²) in [5.41, 5.74) is 0. The number of amides is 1. The van der Waals surface area contributed by atoms with E-state index in [-0.39, 0.29) is 29.6 Å². The van der Waals surface area contributed by atoms with Crippen molar-refractivity contribution in [3.8, 4) is 0 Å². The van der Waals surface area contributed by atoms with Crippen molar-refractivity contribution < 1.29 is 17.9 Å². The highest BCUT2D eigenvalue weighted by Crippen LogP contribution is 2.30. The quantitative estimate of drug-likeness (QED) is 0.596. The second-order valence-corrected chi connectivity index (χ2v) is 12.6. The van der Waals surface area contributed by atoms with Gasteiger partial charge in [-0.3, -0.25) is 9.36 Å². The topological polar surface area (TPSA) is 106 Å². The Morgan fingerprint density at radius 1 is 1.26 bits per heavy atom. The molecule has 9 nitrogen and oxygen atoms in total. The molecule has 3 aliphatic rings. The van der Waals surface area contributed by atoms with E-state index in [1.54, 1.807) is 0 Å². The van der Waals surface area contributed by atoms with Crippen LogP contribution in [0.25, 0.3) is 0 Å². The Balaban J connectivity index is 1.45. The maximum atomic E-state index is 12.7. The van der Waals surface area contributed by atoms with Gasteiger partial charge in [-0.2, -0.15) is 0 Å². The summed E-state index contributed by atoms with van der Waals surface area (Å²) in [4.78, 5) is 15.0. The van der Waals surface area contributed by atoms with Crippen LogP contribution in [-0.4, -0.2) is 77.7 Å². The molecule has 174 valence electrons. The number of carbonyl (C=O) groups is 1. The lowest BCUT2D eigenvalue weighted by atomic mass is 10.00. The number of nitrogens with zero attached hydrogens (tertiary/aromatic N) is 4. The number of ether oxygens (including phenoxy) is 1. The van der Waals surface area contributed by atoms with E-state index in [0.29, 0.717) is 18.1 Å². The molecule has 11 heteroatoms. The maximum absolute atomic E-state index is 12.7. The van der Waals surface area contributed by atoms with E-state index in [1.165, 1.54) is 11.8 Å². The number of piperidine rings is 1. The molecule has 3 atom stereocenters. The minimum absolute atomic E-state index is 0.0306. The van der Waals surface area contributed by atoms with Gasteiger partial charge in [0, 0.05) is 25.7 Å². The first kappa shape index (κ1) is 22.8. The Bertz CT molecular complexity index is 876. The SMILES string of the molecule is CC1CCN(c2nnc(SC(C)C(=O)NC3CCS(=O)(=O)C3)n2CC2CCCO2)CC1. The van der Waals surface area contributed by atoms with Crippen LogP contribution in [0.2, 0.25) is 0 Å². The molecule has 0 bridgehead atoms. The minimum Gasteiger partial charge on any atom is -0.376 e. The van der Waals surface area contributed by atoms with Gasteiger partial charge in [-0.1, -0.05) is 18.7 Å². The third-order valence-electron chi connectivity index (χ3n) is 6.40. The number of nitrogens with one attached hydrogen (secondary N) is 1. The zero-order chi connectivity index (χ0) is 22.0. The second-order valence-electron chi connectivity index (χ2n) is 9.07. The zero-order valence-electron chi connectivity index (χ0n) is 18.3. The van der Waals surface area contributed by atoms with Gasteiger partial charge >= 0.3 is 0 Å². The molecular formula is C20H33N5O4S2. The third kappa shape index (κ3) is 5.73. The number of hydrogen-bond donors (Lipinski definition) is 1. The fourth-order valence-corrected chi connectivity index (χ4v) is 6.94. The van der Waals surface area contributed by atoms with Crippen molar-refractivity contribution in [2.24, 2.45) is 5.92 Å². The van der Waals surface area contributed by atoms with Crippen LogP contribution >= 0.6 is 11.8 Å². The highest BCUT2D eigenvalue weighted by atomic mass is 32.2. The van der Waals surface area contributed by atoms with Crippen molar-refractivity contribution in [3.05, 3.63) is 0 Å². The van der Waals surface area contributed by atoms with Gasteiger partial charge < -0.3 is 15.0 Å². The van der Waals surface area contributed by atoms with Crippen LogP contribution in [0.3, 0.4) is 0 Å². The molecule has 0 spiro atoms. The highest BCUT2D eigenvalue weighted by Gasteiger charge is 2.31. The summed E-state index contributed by atoms with van der Waals surface area (Å²) in [6, 6.07) is -0.295. The van der Waals surface area contributed by atoms with Crippen molar-refractivity contribution in [2.45, 2.75) is 75.0 Å². The average molecular weight is 472 g/mol. The van der Waals surface area contributed by atoms with Crippen LogP contribution < -0.4 is 10.2 Å². The van der Waals surface area contributed by atoms with Crippen LogP contribution in [0.5, 0.6) is 0 Å². The standard InChI is InChI=1S/C20H33N5O4S2/c1-14-5-8-24(9-6-14)19-22-23-20(25(19)12-17-4-3-10-29-17)30-15(2)18(26)21-16-7-11-31(27,28)13-16/h14-17H,3-13H2,1-2H3,(H,21,26). The molecule has 3 aliphatic heterocycles. The molecule has 3 saturated heterocycles. The summed E-state index contributed by atoms with van der Waals surface area (Å²) in [7, 11) is -3.03. The molecule has 1 N–H and O–H groups in total. The first-order valence-electron chi connectivity index (χ1n) is 11.3. The predicted molar refractivity (Wildman–Crippen MR) is 120 cm³/mol. The van der Waals surface area contributed by atoms with Crippen LogP contribution in [0.1, 0.15) is 46.0 Å². The fourth-order valence-electron chi connectivity index (χ4n) is 4.40. The molecule has 31 heavy (non-hydrogen) atoms. The van der Waals surface area contributed by atoms with Crippen molar-refractivity contribution in [2.75, 3.05) is 36.1 Å². The summed E-state index contributed by atoms with van der Waals surface area (Å²) in [5, 5.41) is 12.1. The summed E-state index contributed by atoms with van der Waals surface area (Å²) >= 11 is 1.38. The molecule has 1 aromatic rings. The molecular weight excluding hydrogens is 438 g/mol. The van der Waals surface area contributed by atoms with E-state index in [1.807, 2.05) is 6.92 Å². The van der Waals surface area contributed by atoms with E-state index in [9.17, 15) is 13.2 Å². The summed E-state index contributed by atoms with van der Waals surface area (Å²) < 4.78 is 31.3. The molecule has 0 saturated carbocycles. The summed E-state index contributed by atoms with van der Waals surface area (Å²) in [5.74, 6) is 1.60. The Morgan fingerprint density at radius 2 is 2.03 bits per heavy atom. The molecule has 4 heterocycles. The fraction of sp³-hybridized carbons (Fsp3) is 0.850. The lowest BCUT2D eigenvalue weighted by Crippen LogP contribution is -2.40. The number of hydrogen-bond acceptors (Lipinski definition) is 8. The molecule has 0 aliphatic carbocycles. The van der Waals surface area contributed by atoms with Gasteiger partial charge in [0.2, 0.25) is 11.9 Å². The largest absolute Gasteiger partial charge is 0.376 e. The average Bonchev–Trinajstić information content (AvgIpc) is 3.45. The van der Waals surface area contributed by atoms with Crippen LogP contribution in [0.4, 0.5) is 5.95 Å². The Labute approximate surface area is 188 Å². The highest BCUT2D eigenvalue weighted by molar-refractivity contribution is 8.00. The predicted octanol–water partition coefficient (Wildman–Crippen LogP) is 1.48. The van der Waals surface area contributed by atoms with Crippen molar-refractivity contribution >= 4 is 33.5 Å². The second kappa shape index (κ2) is 9.66. The van der Waals surface area contributed by atoms with Gasteiger partial charge in [-0.05, 0) is 44.9 Å². The Kier molecular flexibility index (Phi) is 7.12. The van der Waals surface area contributed by atoms with Crippen molar-refractivity contribution in [1.29, 1.82) is 0 Å². The molecule has 0 aromatic carbocycles. The van der Waals surface area contributed by atoms with Gasteiger partial charge in [0.1, 0.15) is 0 Å². The number of anilines is 1. The lowest BCUT2D eigenvalue weighted by molar-refractivity contribution is -0.120. The minimum atomic E-state index is -3.03. The normalized spacial score (nSPS) is 27.5. The number of sulfone groups is 1. The maximum Gasteiger partial charge on any atom is 0.233 e. The molecule has 1 aromatic heterocycles. The number of aromatic nitrogens is 3. The first-order chi connectivity index (χ1) is 14.8. The summed E-state index contributed by atoms with van der Waals surface area (Å²) in [6.07, 6.45) is 4.99. The zero-order valence-corrected chi connectivity index (χ0v) is 20.0. The van der Waals surface area contributed by atoms with E-state index in [2.05, 4.69) is 31.9 Å². The smallest absolute Gasteiger partial charge is 0.233 e. The summed E-state index contributed by atoms with van der Waals surface area (Å²) in [6.45, 7) is 7.51. The first-order valence-corrected chi connectivity index (χ1v) is 14.0. The van der Waals surface area contributed by atoms with Crippen LogP contribution in [-0.2, 0) is 25.9 Å². The monoisotopic (exact) mass is 471 g/mol. The third-order valence-corrected chi connectivity index (χ3v) is 9.25. The van der Waals surface area contributed by atoms with Crippen molar-refractivity contribution in [3.63, 3.8) is 0 Å². The van der Waals surface area contributed by atoms with Gasteiger partial charge in [0.05, 0.1) is 29.4 Å². The molecule has 0 radical (unpaired) electrons. The number of rotatable bonds is 7. The molecule has 3 unspecified atom stereocenters. The Hall–Kier alpha value is -1.33. The molecule has 4 rings (SSSR count). The number of thioether (sulfide) groups is 1. The molecule has 3 fully saturated rings. The molecule has 1 amide bonds. The Morgan fingerprint density at radius 3 is 2.68 bits per heavy atom. The van der Waals surface area contributed by atoms with Gasteiger partial charge in [-0.25, -0.2) is 8.42 Å².